The van der Waals surface area contributed by atoms with Gasteiger partial charge >= 0.3 is 0 Å². The van der Waals surface area contributed by atoms with Crippen molar-refractivity contribution in [3.63, 3.8) is 0 Å². The van der Waals surface area contributed by atoms with Gasteiger partial charge in [-0.3, -0.25) is 0 Å². The fraction of sp³-hybridized carbons (Fsp3) is 1.00. The Morgan fingerprint density at radius 3 is 2.20 bits per heavy atom. The first-order valence-corrected chi connectivity index (χ1v) is 13.6. The van der Waals surface area contributed by atoms with Crippen molar-refractivity contribution in [1.82, 2.24) is 0 Å². The second kappa shape index (κ2) is 8.69. The van der Waals surface area contributed by atoms with Crippen LogP contribution in [0, 0.1) is 58.2 Å². The molecule has 0 bridgehead atoms. The first kappa shape index (κ1) is 23.1. The quantitative estimate of drug-likeness (QED) is 0.508. The summed E-state index contributed by atoms with van der Waals surface area (Å²) in [6, 6.07) is 0.223. The van der Waals surface area contributed by atoms with E-state index in [1.54, 1.807) is 0 Å². The van der Waals surface area contributed by atoms with Gasteiger partial charge in [0.05, 0.1) is 0 Å². The maximum atomic E-state index is 10.1. The number of fused-ring (bicyclic) bond motifs is 5. The number of aliphatic hydroxyl groups excluding tert-OH is 1. The lowest BCUT2D eigenvalue weighted by atomic mass is 9.43. The van der Waals surface area contributed by atoms with Crippen LogP contribution in [-0.4, -0.2) is 17.8 Å². The van der Waals surface area contributed by atoms with Crippen molar-refractivity contribution in [3.8, 4) is 0 Å². The third-order valence-corrected chi connectivity index (χ3v) is 11.4. The minimum atomic E-state index is 0.223. The van der Waals surface area contributed by atoms with Crippen LogP contribution in [0.5, 0.6) is 0 Å². The summed E-state index contributed by atoms with van der Waals surface area (Å²) in [6.07, 6.45) is 15.3. The summed E-state index contributed by atoms with van der Waals surface area (Å²) in [4.78, 5) is 0. The summed E-state index contributed by atoms with van der Waals surface area (Å²) in [7, 11) is 0. The minimum absolute atomic E-state index is 0.223. The Kier molecular flexibility index (Phi) is 6.69. The molecule has 0 spiro atoms. The van der Waals surface area contributed by atoms with E-state index < -0.39 is 0 Å². The molecule has 30 heavy (non-hydrogen) atoms. The van der Waals surface area contributed by atoms with Gasteiger partial charge in [-0.05, 0) is 104 Å². The van der Waals surface area contributed by atoms with Crippen molar-refractivity contribution in [3.05, 3.63) is 0 Å². The summed E-state index contributed by atoms with van der Waals surface area (Å²) < 4.78 is 0. The molecule has 0 aromatic rings. The lowest BCUT2D eigenvalue weighted by Crippen LogP contribution is -2.58. The molecule has 4 aliphatic rings. The van der Waals surface area contributed by atoms with Gasteiger partial charge in [0.1, 0.15) is 0 Å². The van der Waals surface area contributed by atoms with Gasteiger partial charge in [0, 0.05) is 18.6 Å². The highest BCUT2D eigenvalue weighted by Gasteiger charge is 2.61. The molecule has 2 nitrogen and oxygen atoms in total. The summed E-state index contributed by atoms with van der Waals surface area (Å²) in [5.74, 6) is 6.47. The van der Waals surface area contributed by atoms with Crippen molar-refractivity contribution < 1.29 is 5.11 Å². The number of hydrogen-bond acceptors (Lipinski definition) is 2. The summed E-state index contributed by atoms with van der Waals surface area (Å²) in [5, 5.41) is 10.1. The van der Waals surface area contributed by atoms with Crippen molar-refractivity contribution in [1.29, 1.82) is 0 Å². The highest BCUT2D eigenvalue weighted by molar-refractivity contribution is 5.11. The van der Waals surface area contributed by atoms with Crippen molar-refractivity contribution in [2.75, 3.05) is 6.61 Å². The zero-order valence-corrected chi connectivity index (χ0v) is 20.7. The van der Waals surface area contributed by atoms with Crippen LogP contribution in [0.4, 0.5) is 0 Å². The second-order valence-corrected chi connectivity index (χ2v) is 13.1. The Hall–Kier alpha value is -0.0800. The summed E-state index contributed by atoms with van der Waals surface area (Å²) >= 11 is 0. The molecule has 0 radical (unpaired) electrons. The van der Waals surface area contributed by atoms with E-state index in [1.165, 1.54) is 64.2 Å². The Morgan fingerprint density at radius 1 is 0.833 bits per heavy atom. The number of aliphatic hydroxyl groups is 1. The molecule has 4 aliphatic carbocycles. The SMILES string of the molecule is CC(C)CCC[C@@H](C)[C@H]1CC[C@H]2[C@@H]3CC[C@H]4[C@H](CO)[C@H](N)CCC4(C)[C@H]3CC[C@]12C. The molecule has 4 fully saturated rings. The van der Waals surface area contributed by atoms with E-state index in [9.17, 15) is 5.11 Å². The maximum absolute atomic E-state index is 10.1. The maximum Gasteiger partial charge on any atom is 0.0476 e. The van der Waals surface area contributed by atoms with Gasteiger partial charge in [-0.15, -0.1) is 0 Å². The number of hydrogen-bond donors (Lipinski definition) is 2. The number of nitrogens with two attached hydrogens (primary N) is 1. The average Bonchev–Trinajstić information content (AvgIpc) is 3.05. The molecule has 4 saturated carbocycles. The zero-order chi connectivity index (χ0) is 21.7. The van der Waals surface area contributed by atoms with Crippen LogP contribution in [0.1, 0.15) is 105 Å². The van der Waals surface area contributed by atoms with E-state index in [-0.39, 0.29) is 6.04 Å². The fourth-order valence-corrected chi connectivity index (χ4v) is 9.84. The molecule has 10 atom stereocenters. The minimum Gasteiger partial charge on any atom is -0.396 e. The highest BCUT2D eigenvalue weighted by Crippen LogP contribution is 2.68. The van der Waals surface area contributed by atoms with E-state index in [0.29, 0.717) is 29.3 Å². The van der Waals surface area contributed by atoms with Gasteiger partial charge < -0.3 is 10.8 Å². The Balaban J connectivity index is 1.48. The van der Waals surface area contributed by atoms with Crippen LogP contribution < -0.4 is 5.73 Å². The van der Waals surface area contributed by atoms with Gasteiger partial charge in [0.25, 0.3) is 0 Å². The van der Waals surface area contributed by atoms with E-state index in [1.807, 2.05) is 0 Å². The molecule has 4 rings (SSSR count). The molecule has 2 heteroatoms. The third-order valence-electron chi connectivity index (χ3n) is 11.4. The third kappa shape index (κ3) is 3.70. The Bertz CT molecular complexity index is 589. The van der Waals surface area contributed by atoms with Crippen molar-refractivity contribution in [2.45, 2.75) is 111 Å². The van der Waals surface area contributed by atoms with Gasteiger partial charge in [0.2, 0.25) is 0 Å². The van der Waals surface area contributed by atoms with Crippen LogP contribution in [0.25, 0.3) is 0 Å². The average molecular weight is 418 g/mol. The molecule has 0 aromatic heterocycles. The number of rotatable bonds is 6. The van der Waals surface area contributed by atoms with Gasteiger partial charge in [-0.2, -0.15) is 0 Å². The first-order chi connectivity index (χ1) is 14.2. The predicted octanol–water partition coefficient (Wildman–Crippen LogP) is 6.65. The second-order valence-electron chi connectivity index (χ2n) is 13.1. The Labute approximate surface area is 187 Å². The van der Waals surface area contributed by atoms with Gasteiger partial charge in [-0.1, -0.05) is 53.9 Å². The molecule has 0 saturated heterocycles. The lowest BCUT2D eigenvalue weighted by molar-refractivity contribution is -0.138. The largest absolute Gasteiger partial charge is 0.396 e. The van der Waals surface area contributed by atoms with Crippen LogP contribution in [0.2, 0.25) is 0 Å². The summed E-state index contributed by atoms with van der Waals surface area (Å²) in [5.41, 5.74) is 7.49. The van der Waals surface area contributed by atoms with Crippen LogP contribution >= 0.6 is 0 Å². The molecule has 0 aromatic carbocycles. The zero-order valence-electron chi connectivity index (χ0n) is 20.7. The van der Waals surface area contributed by atoms with E-state index in [2.05, 4.69) is 34.6 Å². The van der Waals surface area contributed by atoms with Crippen LogP contribution in [0.15, 0.2) is 0 Å². The molecule has 174 valence electrons. The van der Waals surface area contributed by atoms with E-state index >= 15 is 0 Å². The van der Waals surface area contributed by atoms with Gasteiger partial charge in [-0.25, -0.2) is 0 Å². The molecular weight excluding hydrogens is 366 g/mol. The van der Waals surface area contributed by atoms with E-state index in [0.717, 1.165) is 41.9 Å². The van der Waals surface area contributed by atoms with Crippen LogP contribution in [0.3, 0.4) is 0 Å². The first-order valence-electron chi connectivity index (χ1n) is 13.6. The molecular formula is C28H51NO. The normalized spacial score (nSPS) is 49.4. The monoisotopic (exact) mass is 417 g/mol. The molecule has 0 aliphatic heterocycles. The lowest BCUT2D eigenvalue weighted by Gasteiger charge is -2.62. The smallest absolute Gasteiger partial charge is 0.0476 e. The van der Waals surface area contributed by atoms with Crippen LogP contribution in [-0.2, 0) is 0 Å². The highest BCUT2D eigenvalue weighted by atomic mass is 16.3. The predicted molar refractivity (Wildman–Crippen MR) is 127 cm³/mol. The Morgan fingerprint density at radius 2 is 1.50 bits per heavy atom. The molecule has 1 unspecified atom stereocenters. The van der Waals surface area contributed by atoms with Crippen molar-refractivity contribution in [2.24, 2.45) is 63.9 Å². The standard InChI is InChI=1S/C28H51NO/c1-18(2)7-6-8-19(3)22-11-12-23-20-9-10-24-21(17-30)26(29)14-16-28(24,5)25(20)13-15-27(22,23)4/h18-26,30H,6-17,29H2,1-5H3/t19-,20+,21+,22-,23+,24+,25+,26-,27-,28?/m1/s1. The van der Waals surface area contributed by atoms with E-state index in [4.69, 9.17) is 5.73 Å². The summed E-state index contributed by atoms with van der Waals surface area (Å²) in [6.45, 7) is 12.9. The van der Waals surface area contributed by atoms with Gasteiger partial charge in [0.15, 0.2) is 0 Å². The fourth-order valence-electron chi connectivity index (χ4n) is 9.84. The van der Waals surface area contributed by atoms with Crippen molar-refractivity contribution >= 4 is 0 Å². The molecule has 3 N–H and O–H groups in total. The molecule has 0 amide bonds. The topological polar surface area (TPSA) is 46.2 Å². The molecule has 0 heterocycles.